The van der Waals surface area contributed by atoms with Gasteiger partial charge in [-0.2, -0.15) is 13.2 Å². The molecule has 0 saturated carbocycles. The van der Waals surface area contributed by atoms with Crippen molar-refractivity contribution in [1.29, 1.82) is 0 Å². The number of halogens is 3. The first kappa shape index (κ1) is 27.9. The summed E-state index contributed by atoms with van der Waals surface area (Å²) in [4.78, 5) is 13.8. The summed E-state index contributed by atoms with van der Waals surface area (Å²) in [5.41, 5.74) is 6.10. The number of piperazine rings is 1. The van der Waals surface area contributed by atoms with Crippen LogP contribution in [-0.4, -0.2) is 61.9 Å². The van der Waals surface area contributed by atoms with Gasteiger partial charge in [-0.3, -0.25) is 0 Å². The van der Waals surface area contributed by atoms with Crippen LogP contribution in [0, 0.1) is 0 Å². The molecule has 3 N–H and O–H groups in total. The number of nitrogens with zero attached hydrogens (tertiary/aromatic N) is 2. The second kappa shape index (κ2) is 13.0. The summed E-state index contributed by atoms with van der Waals surface area (Å²) in [7, 11) is 2.20. The van der Waals surface area contributed by atoms with E-state index in [4.69, 9.17) is 9.90 Å². The molecule has 1 aliphatic rings. The molecule has 1 heterocycles. The molecule has 6 nitrogen and oxygen atoms in total. The highest BCUT2D eigenvalue weighted by molar-refractivity contribution is 5.75. The van der Waals surface area contributed by atoms with Crippen molar-refractivity contribution in [2.75, 3.05) is 55.3 Å². The molecule has 3 aromatic carbocycles. The highest BCUT2D eigenvalue weighted by Gasteiger charge is 2.38. The molecule has 3 aromatic rings. The molecule has 0 aromatic heterocycles. The average Bonchev–Trinajstić information content (AvgIpc) is 2.89. The van der Waals surface area contributed by atoms with E-state index in [1.165, 1.54) is 16.8 Å². The molecule has 0 atom stereocenters. The lowest BCUT2D eigenvalue weighted by molar-refractivity contribution is -0.192. The zero-order valence-corrected chi connectivity index (χ0v) is 21.0. The lowest BCUT2D eigenvalue weighted by atomic mass is 9.98. The monoisotopic (exact) mass is 514 g/mol. The Hall–Kier alpha value is -3.72. The number of carboxylic acid groups (broad SMARTS) is 1. The molecule has 1 aliphatic heterocycles. The van der Waals surface area contributed by atoms with E-state index in [-0.39, 0.29) is 6.04 Å². The van der Waals surface area contributed by atoms with Crippen molar-refractivity contribution in [3.63, 3.8) is 0 Å². The first-order chi connectivity index (χ1) is 17.7. The Bertz CT molecular complexity index is 1080. The summed E-state index contributed by atoms with van der Waals surface area (Å²) < 4.78 is 31.7. The smallest absolute Gasteiger partial charge is 0.475 e. The highest BCUT2D eigenvalue weighted by Crippen LogP contribution is 2.34. The molecular weight excluding hydrogens is 481 g/mol. The maximum absolute atomic E-state index is 10.6. The Balaban J connectivity index is 0.000000479. The zero-order valence-electron chi connectivity index (χ0n) is 21.0. The predicted molar refractivity (Wildman–Crippen MR) is 142 cm³/mol. The fourth-order valence-corrected chi connectivity index (χ4v) is 4.06. The quantitative estimate of drug-likeness (QED) is 0.376. The van der Waals surface area contributed by atoms with Gasteiger partial charge in [-0.25, -0.2) is 4.79 Å². The lowest BCUT2D eigenvalue weighted by Gasteiger charge is -2.34. The van der Waals surface area contributed by atoms with Crippen molar-refractivity contribution < 1.29 is 23.1 Å². The van der Waals surface area contributed by atoms with E-state index in [0.717, 1.165) is 44.1 Å². The number of hydrogen-bond acceptors (Lipinski definition) is 5. The summed E-state index contributed by atoms with van der Waals surface area (Å²) in [6.45, 7) is 7.38. The molecule has 0 aliphatic carbocycles. The minimum Gasteiger partial charge on any atom is -0.475 e. The van der Waals surface area contributed by atoms with Crippen molar-refractivity contribution in [2.24, 2.45) is 0 Å². The summed E-state index contributed by atoms with van der Waals surface area (Å²) >= 11 is 0. The van der Waals surface area contributed by atoms with Crippen molar-refractivity contribution in [1.82, 2.24) is 4.90 Å². The second-order valence-electron chi connectivity index (χ2n) is 8.75. The Morgan fingerprint density at radius 1 is 0.892 bits per heavy atom. The molecule has 198 valence electrons. The third-order valence-electron chi connectivity index (χ3n) is 6.05. The van der Waals surface area contributed by atoms with E-state index in [2.05, 4.69) is 113 Å². The number of anilines is 3. The molecule has 0 amide bonds. The van der Waals surface area contributed by atoms with Crippen LogP contribution in [0.25, 0.3) is 0 Å². The van der Waals surface area contributed by atoms with E-state index >= 15 is 0 Å². The third-order valence-corrected chi connectivity index (χ3v) is 6.05. The normalized spacial score (nSPS) is 14.1. The van der Waals surface area contributed by atoms with E-state index in [0.29, 0.717) is 0 Å². The highest BCUT2D eigenvalue weighted by atomic mass is 19.4. The van der Waals surface area contributed by atoms with Crippen LogP contribution in [0.1, 0.15) is 24.1 Å². The molecule has 4 rings (SSSR count). The molecule has 0 bridgehead atoms. The van der Waals surface area contributed by atoms with Crippen LogP contribution in [0.15, 0.2) is 78.9 Å². The first-order valence-electron chi connectivity index (χ1n) is 12.2. The van der Waals surface area contributed by atoms with Gasteiger partial charge in [-0.1, -0.05) is 60.7 Å². The van der Waals surface area contributed by atoms with Gasteiger partial charge in [-0.05, 0) is 43.3 Å². The van der Waals surface area contributed by atoms with E-state index < -0.39 is 12.1 Å². The van der Waals surface area contributed by atoms with E-state index in [1.54, 1.807) is 0 Å². The van der Waals surface area contributed by atoms with E-state index in [9.17, 15) is 13.2 Å². The van der Waals surface area contributed by atoms with Gasteiger partial charge < -0.3 is 25.5 Å². The number of likely N-dealkylation sites (N-methyl/N-ethyl adjacent to an activating group) is 1. The Morgan fingerprint density at radius 3 is 1.86 bits per heavy atom. The molecule has 0 unspecified atom stereocenters. The van der Waals surface area contributed by atoms with Crippen LogP contribution < -0.4 is 15.5 Å². The van der Waals surface area contributed by atoms with Crippen LogP contribution in [-0.2, 0) is 4.79 Å². The van der Waals surface area contributed by atoms with Crippen LogP contribution in [0.4, 0.5) is 30.2 Å². The summed E-state index contributed by atoms with van der Waals surface area (Å²) in [6, 6.07) is 28.2. The summed E-state index contributed by atoms with van der Waals surface area (Å²) in [5.74, 6) is -2.76. The van der Waals surface area contributed by atoms with Gasteiger partial charge in [0.15, 0.2) is 0 Å². The SMILES string of the molecule is CCNc1ccc(N2CCN(C)CC2)cc1NC(c1ccccc1)c1ccccc1.O=C(O)C(F)(F)F. The van der Waals surface area contributed by atoms with E-state index in [1.807, 2.05) is 0 Å². The molecular formula is C28H33F3N4O2. The molecule has 37 heavy (non-hydrogen) atoms. The molecule has 1 saturated heterocycles. The fourth-order valence-electron chi connectivity index (χ4n) is 4.06. The average molecular weight is 515 g/mol. The summed E-state index contributed by atoms with van der Waals surface area (Å²) in [5, 5.41) is 14.5. The maximum Gasteiger partial charge on any atom is 0.490 e. The first-order valence-corrected chi connectivity index (χ1v) is 12.2. The number of benzene rings is 3. The Kier molecular flexibility index (Phi) is 9.79. The number of alkyl halides is 3. The van der Waals surface area contributed by atoms with Crippen LogP contribution in [0.5, 0.6) is 0 Å². The van der Waals surface area contributed by atoms with Gasteiger partial charge in [0.2, 0.25) is 0 Å². The van der Waals surface area contributed by atoms with Gasteiger partial charge in [0.25, 0.3) is 0 Å². The Morgan fingerprint density at radius 2 is 1.41 bits per heavy atom. The van der Waals surface area contributed by atoms with Crippen molar-refractivity contribution in [3.05, 3.63) is 90.0 Å². The fraction of sp³-hybridized carbons (Fsp3) is 0.321. The summed E-state index contributed by atoms with van der Waals surface area (Å²) in [6.07, 6.45) is -5.08. The molecule has 1 fully saturated rings. The molecule has 0 spiro atoms. The second-order valence-corrected chi connectivity index (χ2v) is 8.75. The van der Waals surface area contributed by atoms with Crippen molar-refractivity contribution >= 4 is 23.0 Å². The number of carbonyl (C=O) groups is 1. The standard InChI is InChI=1S/C26H32N4.C2HF3O2/c1-3-27-24-15-14-23(30-18-16-29(2)17-19-30)20-25(24)28-26(21-10-6-4-7-11-21)22-12-8-5-9-13-22;3-2(4,5)1(6)7/h4-15,20,26-28H,3,16-19H2,1-2H3;(H,6,7). The number of rotatable bonds is 7. The van der Waals surface area contributed by atoms with Crippen LogP contribution >= 0.6 is 0 Å². The number of hydrogen-bond donors (Lipinski definition) is 3. The van der Waals surface area contributed by atoms with Gasteiger partial charge in [0, 0.05) is 38.4 Å². The van der Waals surface area contributed by atoms with Gasteiger partial charge in [0.05, 0.1) is 17.4 Å². The van der Waals surface area contributed by atoms with Crippen LogP contribution in [0.2, 0.25) is 0 Å². The lowest BCUT2D eigenvalue weighted by Crippen LogP contribution is -2.44. The van der Waals surface area contributed by atoms with Gasteiger partial charge >= 0.3 is 12.1 Å². The third kappa shape index (κ3) is 8.15. The molecule has 0 radical (unpaired) electrons. The zero-order chi connectivity index (χ0) is 26.8. The number of aliphatic carboxylic acids is 1. The van der Waals surface area contributed by atoms with Gasteiger partial charge in [-0.15, -0.1) is 0 Å². The minimum absolute atomic E-state index is 0.0903. The topological polar surface area (TPSA) is 67.8 Å². The maximum atomic E-state index is 10.6. The van der Waals surface area contributed by atoms with Crippen molar-refractivity contribution in [3.8, 4) is 0 Å². The number of carboxylic acids is 1. The minimum atomic E-state index is -5.08. The van der Waals surface area contributed by atoms with Gasteiger partial charge in [0.1, 0.15) is 0 Å². The largest absolute Gasteiger partial charge is 0.490 e. The molecule has 9 heteroatoms. The Labute approximate surface area is 215 Å². The predicted octanol–water partition coefficient (Wildman–Crippen LogP) is 5.71. The van der Waals surface area contributed by atoms with Crippen LogP contribution in [0.3, 0.4) is 0 Å². The number of nitrogens with one attached hydrogen (secondary N) is 2. The van der Waals surface area contributed by atoms with Crippen molar-refractivity contribution in [2.45, 2.75) is 19.1 Å².